The topological polar surface area (TPSA) is 54.9 Å². The van der Waals surface area contributed by atoms with Crippen molar-refractivity contribution in [1.29, 1.82) is 0 Å². The molecule has 0 fully saturated rings. The molecule has 0 aliphatic carbocycles. The Morgan fingerprint density at radius 3 is 2.74 bits per heavy atom. The third-order valence-electron chi connectivity index (χ3n) is 3.10. The first-order valence-electron chi connectivity index (χ1n) is 6.70. The van der Waals surface area contributed by atoms with Crippen molar-refractivity contribution < 1.29 is 4.79 Å². The Morgan fingerprint density at radius 2 is 2.04 bits per heavy atom. The SMILES string of the molecule is Cc1sc(NC(=O)c2ccccn2)nc1-c1ccc(Cl)cc1Cl. The first kappa shape index (κ1) is 15.9. The van der Waals surface area contributed by atoms with E-state index in [9.17, 15) is 4.79 Å². The standard InChI is InChI=1S/C16H11Cl2N3OS/c1-9-14(11-6-5-10(17)8-12(11)18)20-16(23-9)21-15(22)13-4-2-3-7-19-13/h2-8H,1H3,(H,20,21,22). The van der Waals surface area contributed by atoms with Crippen molar-refractivity contribution in [2.24, 2.45) is 0 Å². The van der Waals surface area contributed by atoms with E-state index in [4.69, 9.17) is 23.2 Å². The van der Waals surface area contributed by atoms with Gasteiger partial charge in [-0.1, -0.05) is 29.3 Å². The predicted molar refractivity (Wildman–Crippen MR) is 94.5 cm³/mol. The van der Waals surface area contributed by atoms with E-state index in [0.717, 1.165) is 16.1 Å². The highest BCUT2D eigenvalue weighted by atomic mass is 35.5. The molecule has 3 aromatic rings. The lowest BCUT2D eigenvalue weighted by Crippen LogP contribution is -2.13. The van der Waals surface area contributed by atoms with Gasteiger partial charge >= 0.3 is 0 Å². The van der Waals surface area contributed by atoms with Crippen molar-refractivity contribution in [2.75, 3.05) is 5.32 Å². The molecule has 2 heterocycles. The maximum absolute atomic E-state index is 12.1. The van der Waals surface area contributed by atoms with E-state index in [-0.39, 0.29) is 5.91 Å². The molecule has 0 atom stereocenters. The second-order valence-corrected chi connectivity index (χ2v) is 6.76. The van der Waals surface area contributed by atoms with Gasteiger partial charge in [0, 0.05) is 21.7 Å². The van der Waals surface area contributed by atoms with E-state index in [0.29, 0.717) is 20.9 Å². The zero-order chi connectivity index (χ0) is 16.4. The average Bonchev–Trinajstić information content (AvgIpc) is 2.88. The molecular formula is C16H11Cl2N3OS. The summed E-state index contributed by atoms with van der Waals surface area (Å²) < 4.78 is 0. The number of halogens is 2. The van der Waals surface area contributed by atoms with Crippen LogP contribution in [-0.4, -0.2) is 15.9 Å². The molecule has 0 saturated heterocycles. The van der Waals surface area contributed by atoms with E-state index >= 15 is 0 Å². The number of benzene rings is 1. The maximum Gasteiger partial charge on any atom is 0.276 e. The number of hydrogen-bond acceptors (Lipinski definition) is 4. The van der Waals surface area contributed by atoms with Crippen LogP contribution in [0.25, 0.3) is 11.3 Å². The minimum Gasteiger partial charge on any atom is -0.296 e. The lowest BCUT2D eigenvalue weighted by molar-refractivity contribution is 0.102. The minimum absolute atomic E-state index is 0.298. The zero-order valence-electron chi connectivity index (χ0n) is 12.0. The van der Waals surface area contributed by atoms with Crippen LogP contribution in [0.5, 0.6) is 0 Å². The number of anilines is 1. The van der Waals surface area contributed by atoms with E-state index in [1.807, 2.05) is 13.0 Å². The molecular weight excluding hydrogens is 353 g/mol. The molecule has 116 valence electrons. The van der Waals surface area contributed by atoms with E-state index in [2.05, 4.69) is 15.3 Å². The van der Waals surface area contributed by atoms with Gasteiger partial charge in [-0.2, -0.15) is 0 Å². The Hall–Kier alpha value is -1.95. The number of nitrogens with one attached hydrogen (secondary N) is 1. The summed E-state index contributed by atoms with van der Waals surface area (Å²) >= 11 is 13.5. The third-order valence-corrected chi connectivity index (χ3v) is 4.53. The van der Waals surface area contributed by atoms with Crippen LogP contribution in [0.1, 0.15) is 15.4 Å². The molecule has 0 unspecified atom stereocenters. The molecule has 2 aromatic heterocycles. The van der Waals surface area contributed by atoms with Crippen LogP contribution in [0, 0.1) is 6.92 Å². The van der Waals surface area contributed by atoms with Gasteiger partial charge in [0.25, 0.3) is 5.91 Å². The minimum atomic E-state index is -0.298. The van der Waals surface area contributed by atoms with Crippen molar-refractivity contribution in [1.82, 2.24) is 9.97 Å². The number of aryl methyl sites for hydroxylation is 1. The number of thiazole rings is 1. The Kier molecular flexibility index (Phi) is 4.61. The fraction of sp³-hybridized carbons (Fsp3) is 0.0625. The Bertz CT molecular complexity index is 865. The molecule has 23 heavy (non-hydrogen) atoms. The Labute approximate surface area is 147 Å². The first-order chi connectivity index (χ1) is 11.0. The van der Waals surface area contributed by atoms with Crippen LogP contribution in [0.15, 0.2) is 42.6 Å². The van der Waals surface area contributed by atoms with Crippen molar-refractivity contribution in [3.8, 4) is 11.3 Å². The summed E-state index contributed by atoms with van der Waals surface area (Å²) in [5.41, 5.74) is 1.85. The highest BCUT2D eigenvalue weighted by molar-refractivity contribution is 7.16. The van der Waals surface area contributed by atoms with Gasteiger partial charge in [0.05, 0.1) is 10.7 Å². The lowest BCUT2D eigenvalue weighted by Gasteiger charge is -2.02. The van der Waals surface area contributed by atoms with Crippen LogP contribution >= 0.6 is 34.5 Å². The van der Waals surface area contributed by atoms with Gasteiger partial charge in [-0.25, -0.2) is 4.98 Å². The summed E-state index contributed by atoms with van der Waals surface area (Å²) in [6.07, 6.45) is 1.57. The van der Waals surface area contributed by atoms with Gasteiger partial charge in [0.1, 0.15) is 5.69 Å². The molecule has 1 amide bonds. The van der Waals surface area contributed by atoms with Gasteiger partial charge in [-0.15, -0.1) is 11.3 Å². The van der Waals surface area contributed by atoms with Crippen LogP contribution in [0.2, 0.25) is 10.0 Å². The number of pyridine rings is 1. The number of nitrogens with zero attached hydrogens (tertiary/aromatic N) is 2. The fourth-order valence-electron chi connectivity index (χ4n) is 2.04. The van der Waals surface area contributed by atoms with Gasteiger partial charge in [0.15, 0.2) is 5.13 Å². The van der Waals surface area contributed by atoms with E-state index in [1.165, 1.54) is 11.3 Å². The average molecular weight is 364 g/mol. The Balaban J connectivity index is 1.88. The largest absolute Gasteiger partial charge is 0.296 e. The summed E-state index contributed by atoms with van der Waals surface area (Å²) in [6, 6.07) is 10.4. The normalized spacial score (nSPS) is 10.6. The number of carbonyl (C=O) groups excluding carboxylic acids is 1. The van der Waals surface area contributed by atoms with Gasteiger partial charge in [-0.05, 0) is 37.3 Å². The van der Waals surface area contributed by atoms with Crippen molar-refractivity contribution in [2.45, 2.75) is 6.92 Å². The predicted octanol–water partition coefficient (Wildman–Crippen LogP) is 5.07. The fourth-order valence-corrected chi connectivity index (χ4v) is 3.36. The highest BCUT2D eigenvalue weighted by Gasteiger charge is 2.15. The maximum atomic E-state index is 12.1. The summed E-state index contributed by atoms with van der Waals surface area (Å²) in [5.74, 6) is -0.298. The molecule has 0 aliphatic rings. The van der Waals surface area contributed by atoms with Crippen LogP contribution in [-0.2, 0) is 0 Å². The number of aromatic nitrogens is 2. The molecule has 7 heteroatoms. The number of amides is 1. The molecule has 1 aromatic carbocycles. The number of rotatable bonds is 3. The number of hydrogen-bond donors (Lipinski definition) is 1. The van der Waals surface area contributed by atoms with Crippen LogP contribution in [0.3, 0.4) is 0 Å². The van der Waals surface area contributed by atoms with Crippen molar-refractivity contribution >= 4 is 45.6 Å². The van der Waals surface area contributed by atoms with Crippen molar-refractivity contribution in [3.05, 3.63) is 63.2 Å². The lowest BCUT2D eigenvalue weighted by atomic mass is 10.1. The second kappa shape index (κ2) is 6.66. The van der Waals surface area contributed by atoms with Gasteiger partial charge < -0.3 is 0 Å². The molecule has 0 bridgehead atoms. The van der Waals surface area contributed by atoms with Crippen LogP contribution in [0.4, 0.5) is 5.13 Å². The second-order valence-electron chi connectivity index (χ2n) is 4.72. The van der Waals surface area contributed by atoms with E-state index < -0.39 is 0 Å². The summed E-state index contributed by atoms with van der Waals surface area (Å²) in [6.45, 7) is 1.92. The molecule has 3 rings (SSSR count). The molecule has 0 saturated carbocycles. The summed E-state index contributed by atoms with van der Waals surface area (Å²) in [7, 11) is 0. The van der Waals surface area contributed by atoms with Gasteiger partial charge in [-0.3, -0.25) is 15.1 Å². The smallest absolute Gasteiger partial charge is 0.276 e. The zero-order valence-corrected chi connectivity index (χ0v) is 14.3. The molecule has 1 N–H and O–H groups in total. The first-order valence-corrected chi connectivity index (χ1v) is 8.27. The summed E-state index contributed by atoms with van der Waals surface area (Å²) in [4.78, 5) is 21.6. The van der Waals surface area contributed by atoms with Crippen LogP contribution < -0.4 is 5.32 Å². The summed E-state index contributed by atoms with van der Waals surface area (Å²) in [5, 5.41) is 4.34. The molecule has 4 nitrogen and oxygen atoms in total. The van der Waals surface area contributed by atoms with Crippen molar-refractivity contribution in [3.63, 3.8) is 0 Å². The molecule has 0 radical (unpaired) electrons. The third kappa shape index (κ3) is 3.52. The monoisotopic (exact) mass is 363 g/mol. The highest BCUT2D eigenvalue weighted by Crippen LogP contribution is 2.35. The van der Waals surface area contributed by atoms with Gasteiger partial charge in [0.2, 0.25) is 0 Å². The molecule has 0 spiro atoms. The Morgan fingerprint density at radius 1 is 1.22 bits per heavy atom. The quantitative estimate of drug-likeness (QED) is 0.706. The molecule has 0 aliphatic heterocycles. The number of carbonyl (C=O) groups is 1. The van der Waals surface area contributed by atoms with E-state index in [1.54, 1.807) is 36.5 Å².